The first-order valence-corrected chi connectivity index (χ1v) is 8.05. The molecule has 3 rings (SSSR count). The second-order valence-corrected chi connectivity index (χ2v) is 6.25. The zero-order valence-corrected chi connectivity index (χ0v) is 12.9. The van der Waals surface area contributed by atoms with E-state index in [9.17, 15) is 0 Å². The van der Waals surface area contributed by atoms with Gasteiger partial charge >= 0.3 is 0 Å². The Kier molecular flexibility index (Phi) is 4.27. The van der Waals surface area contributed by atoms with Crippen molar-refractivity contribution < 1.29 is 0 Å². The van der Waals surface area contributed by atoms with E-state index in [-0.39, 0.29) is 0 Å². The van der Waals surface area contributed by atoms with Gasteiger partial charge in [0.15, 0.2) is 0 Å². The summed E-state index contributed by atoms with van der Waals surface area (Å²) in [5, 5.41) is 3.55. The van der Waals surface area contributed by atoms with Gasteiger partial charge in [-0.05, 0) is 50.5 Å². The molecule has 3 nitrogen and oxygen atoms in total. The lowest BCUT2D eigenvalue weighted by Crippen LogP contribution is -2.38. The highest BCUT2D eigenvalue weighted by atomic mass is 15.2. The average Bonchev–Trinajstić information content (AvgIpc) is 3.07. The first kappa shape index (κ1) is 13.9. The second-order valence-electron chi connectivity index (χ2n) is 6.25. The molecule has 1 aromatic rings. The number of fused-ring (bicyclic) bond motifs is 1. The summed E-state index contributed by atoms with van der Waals surface area (Å²) in [4.78, 5) is 5.12. The van der Waals surface area contributed by atoms with Crippen molar-refractivity contribution in [1.82, 2.24) is 9.80 Å². The number of likely N-dealkylation sites (tertiary alicyclic amines) is 1. The smallest absolute Gasteiger partial charge is 0.0419 e. The number of para-hydroxylation sites is 1. The van der Waals surface area contributed by atoms with Crippen LogP contribution >= 0.6 is 0 Å². The van der Waals surface area contributed by atoms with Crippen LogP contribution in [-0.4, -0.2) is 49.1 Å². The fourth-order valence-corrected chi connectivity index (χ4v) is 3.78. The van der Waals surface area contributed by atoms with Crippen molar-refractivity contribution in [2.24, 2.45) is 0 Å². The molecule has 1 aromatic carbocycles. The number of hydrogen-bond acceptors (Lipinski definition) is 3. The van der Waals surface area contributed by atoms with Crippen molar-refractivity contribution in [3.8, 4) is 0 Å². The van der Waals surface area contributed by atoms with Gasteiger partial charge in [-0.3, -0.25) is 4.90 Å². The molecule has 20 heavy (non-hydrogen) atoms. The summed E-state index contributed by atoms with van der Waals surface area (Å²) in [6.07, 6.45) is 3.91. The predicted octanol–water partition coefficient (Wildman–Crippen LogP) is 2.57. The minimum Gasteiger partial charge on any atom is -0.384 e. The molecule has 110 valence electrons. The molecule has 0 saturated carbocycles. The zero-order valence-electron chi connectivity index (χ0n) is 12.9. The Hall–Kier alpha value is -1.06. The molecule has 0 spiro atoms. The van der Waals surface area contributed by atoms with Crippen LogP contribution < -0.4 is 5.32 Å². The molecule has 0 amide bonds. The number of anilines is 1. The molecule has 2 heterocycles. The van der Waals surface area contributed by atoms with E-state index >= 15 is 0 Å². The molecule has 0 aromatic heterocycles. The van der Waals surface area contributed by atoms with Crippen molar-refractivity contribution in [2.45, 2.75) is 38.8 Å². The highest BCUT2D eigenvalue weighted by Crippen LogP contribution is 2.27. The molecule has 0 radical (unpaired) electrons. The summed E-state index contributed by atoms with van der Waals surface area (Å²) in [6, 6.07) is 7.51. The normalized spacial score (nSPS) is 22.2. The third-order valence-corrected chi connectivity index (χ3v) is 4.80. The lowest BCUT2D eigenvalue weighted by atomic mass is 10.1. The lowest BCUT2D eigenvalue weighted by Gasteiger charge is -2.28. The van der Waals surface area contributed by atoms with Crippen LogP contribution in [0.5, 0.6) is 0 Å². The van der Waals surface area contributed by atoms with Crippen molar-refractivity contribution in [3.05, 3.63) is 29.3 Å². The Balaban J connectivity index is 1.62. The van der Waals surface area contributed by atoms with Crippen LogP contribution in [0.25, 0.3) is 0 Å². The maximum absolute atomic E-state index is 3.55. The fraction of sp³-hybridized carbons (Fsp3) is 0.647. The van der Waals surface area contributed by atoms with Crippen LogP contribution in [0, 0.1) is 0 Å². The Labute approximate surface area is 123 Å². The van der Waals surface area contributed by atoms with Gasteiger partial charge < -0.3 is 10.2 Å². The number of rotatable bonds is 5. The topological polar surface area (TPSA) is 18.5 Å². The summed E-state index contributed by atoms with van der Waals surface area (Å²) in [5.74, 6) is 0. The van der Waals surface area contributed by atoms with Crippen LogP contribution in [0.15, 0.2) is 18.2 Å². The van der Waals surface area contributed by atoms with Crippen molar-refractivity contribution in [2.75, 3.05) is 38.5 Å². The quantitative estimate of drug-likeness (QED) is 0.889. The van der Waals surface area contributed by atoms with Crippen LogP contribution in [0.3, 0.4) is 0 Å². The molecule has 3 heteroatoms. The summed E-state index contributed by atoms with van der Waals surface area (Å²) >= 11 is 0. The summed E-state index contributed by atoms with van der Waals surface area (Å²) in [5.41, 5.74) is 4.36. The molecule has 0 aliphatic carbocycles. The zero-order chi connectivity index (χ0) is 13.9. The van der Waals surface area contributed by atoms with Gasteiger partial charge in [0.05, 0.1) is 0 Å². The Morgan fingerprint density at radius 1 is 1.40 bits per heavy atom. The van der Waals surface area contributed by atoms with Crippen LogP contribution in [-0.2, 0) is 13.0 Å². The van der Waals surface area contributed by atoms with Crippen LogP contribution in [0.1, 0.15) is 30.9 Å². The van der Waals surface area contributed by atoms with E-state index in [2.05, 4.69) is 47.3 Å². The fourth-order valence-electron chi connectivity index (χ4n) is 3.78. The van der Waals surface area contributed by atoms with Gasteiger partial charge in [-0.25, -0.2) is 0 Å². The highest BCUT2D eigenvalue weighted by molar-refractivity contribution is 5.61. The molecule has 2 aliphatic heterocycles. The second kappa shape index (κ2) is 6.15. The van der Waals surface area contributed by atoms with Crippen LogP contribution in [0.2, 0.25) is 0 Å². The monoisotopic (exact) mass is 273 g/mol. The summed E-state index contributed by atoms with van der Waals surface area (Å²) < 4.78 is 0. The molecule has 1 atom stereocenters. The number of hydrogen-bond donors (Lipinski definition) is 1. The third kappa shape index (κ3) is 2.84. The van der Waals surface area contributed by atoms with E-state index in [4.69, 9.17) is 0 Å². The first-order valence-electron chi connectivity index (χ1n) is 8.05. The van der Waals surface area contributed by atoms with Gasteiger partial charge in [-0.1, -0.05) is 25.1 Å². The van der Waals surface area contributed by atoms with Crippen LogP contribution in [0.4, 0.5) is 5.69 Å². The molecule has 1 saturated heterocycles. The molecule has 0 bridgehead atoms. The van der Waals surface area contributed by atoms with Crippen molar-refractivity contribution in [1.29, 1.82) is 0 Å². The maximum atomic E-state index is 3.55. The van der Waals surface area contributed by atoms with Gasteiger partial charge in [0.2, 0.25) is 0 Å². The van der Waals surface area contributed by atoms with E-state index in [1.807, 2.05) is 0 Å². The average molecular weight is 273 g/mol. The highest BCUT2D eigenvalue weighted by Gasteiger charge is 2.24. The lowest BCUT2D eigenvalue weighted by molar-refractivity contribution is 0.195. The van der Waals surface area contributed by atoms with Gasteiger partial charge in [0.25, 0.3) is 0 Å². The summed E-state index contributed by atoms with van der Waals surface area (Å²) in [6.45, 7) is 8.12. The van der Waals surface area contributed by atoms with Gasteiger partial charge in [-0.2, -0.15) is 0 Å². The first-order chi connectivity index (χ1) is 9.78. The van der Waals surface area contributed by atoms with E-state index in [0.29, 0.717) is 0 Å². The maximum Gasteiger partial charge on any atom is 0.0419 e. The van der Waals surface area contributed by atoms with Gasteiger partial charge in [0.1, 0.15) is 0 Å². The molecular weight excluding hydrogens is 246 g/mol. The van der Waals surface area contributed by atoms with E-state index in [0.717, 1.165) is 19.1 Å². The molecule has 1 unspecified atom stereocenters. The number of nitrogens with zero attached hydrogens (tertiary/aromatic N) is 2. The van der Waals surface area contributed by atoms with E-state index in [1.165, 1.54) is 55.7 Å². The SMILES string of the molecule is CCN1CCCC1CN(C)Cc1cccc2c1NCC2. The van der Waals surface area contributed by atoms with Crippen molar-refractivity contribution in [3.63, 3.8) is 0 Å². The Morgan fingerprint density at radius 3 is 3.15 bits per heavy atom. The Morgan fingerprint density at radius 2 is 2.30 bits per heavy atom. The third-order valence-electron chi connectivity index (χ3n) is 4.80. The van der Waals surface area contributed by atoms with Gasteiger partial charge in [-0.15, -0.1) is 0 Å². The van der Waals surface area contributed by atoms with Crippen molar-refractivity contribution >= 4 is 5.69 Å². The molecule has 1 N–H and O–H groups in total. The van der Waals surface area contributed by atoms with Gasteiger partial charge in [0, 0.05) is 31.4 Å². The number of benzene rings is 1. The summed E-state index contributed by atoms with van der Waals surface area (Å²) in [7, 11) is 2.26. The predicted molar refractivity (Wildman–Crippen MR) is 85.2 cm³/mol. The molecule has 1 fully saturated rings. The minimum absolute atomic E-state index is 0.759. The minimum atomic E-state index is 0.759. The molecule has 2 aliphatic rings. The standard InChI is InChI=1S/C17H27N3/c1-3-20-11-5-8-16(20)13-19(2)12-15-7-4-6-14-9-10-18-17(14)15/h4,6-7,16,18H,3,5,8-13H2,1-2H3. The number of nitrogens with one attached hydrogen (secondary N) is 1. The Bertz CT molecular complexity index is 458. The largest absolute Gasteiger partial charge is 0.384 e. The number of likely N-dealkylation sites (N-methyl/N-ethyl adjacent to an activating group) is 2. The van der Waals surface area contributed by atoms with E-state index < -0.39 is 0 Å². The molecular formula is C17H27N3. The van der Waals surface area contributed by atoms with E-state index in [1.54, 1.807) is 0 Å².